The maximum absolute atomic E-state index is 4.35. The van der Waals surface area contributed by atoms with Crippen LogP contribution in [-0.2, 0) is 0 Å². The second-order valence-electron chi connectivity index (χ2n) is 6.89. The molecule has 0 saturated carbocycles. The SMILES string of the molecule is C=C1C=C(/C=C2/Sc3ccccc3N2C)c2ccccc2N1c1ccccc1. The predicted molar refractivity (Wildman–Crippen MR) is 121 cm³/mol. The van der Waals surface area contributed by atoms with Crippen molar-refractivity contribution < 1.29 is 0 Å². The molecule has 2 aliphatic rings. The smallest absolute Gasteiger partial charge is 0.0805 e. The molecule has 0 aliphatic carbocycles. The summed E-state index contributed by atoms with van der Waals surface area (Å²) in [5.74, 6) is 0. The van der Waals surface area contributed by atoms with Gasteiger partial charge in [-0.2, -0.15) is 0 Å². The van der Waals surface area contributed by atoms with Gasteiger partial charge >= 0.3 is 0 Å². The largest absolute Gasteiger partial charge is 0.338 e. The minimum atomic E-state index is 0.972. The van der Waals surface area contributed by atoms with Crippen molar-refractivity contribution in [2.24, 2.45) is 0 Å². The van der Waals surface area contributed by atoms with E-state index in [4.69, 9.17) is 0 Å². The van der Waals surface area contributed by atoms with E-state index in [1.807, 2.05) is 17.8 Å². The quantitative estimate of drug-likeness (QED) is 0.482. The Balaban J connectivity index is 1.58. The van der Waals surface area contributed by atoms with Crippen LogP contribution >= 0.6 is 11.8 Å². The lowest BCUT2D eigenvalue weighted by atomic mass is 9.97. The number of hydrogen-bond donors (Lipinski definition) is 0. The van der Waals surface area contributed by atoms with Crippen LogP contribution in [0.2, 0.25) is 0 Å². The number of fused-ring (bicyclic) bond motifs is 2. The molecular formula is C25H20N2S. The molecule has 0 N–H and O–H groups in total. The average molecular weight is 381 g/mol. The number of rotatable bonds is 2. The van der Waals surface area contributed by atoms with Crippen LogP contribution in [0.25, 0.3) is 5.57 Å². The van der Waals surface area contributed by atoms with E-state index in [9.17, 15) is 0 Å². The Hall–Kier alpha value is -3.17. The molecule has 0 amide bonds. The van der Waals surface area contributed by atoms with Crippen molar-refractivity contribution in [3.05, 3.63) is 114 Å². The highest BCUT2D eigenvalue weighted by atomic mass is 32.2. The lowest BCUT2D eigenvalue weighted by Gasteiger charge is -2.32. The van der Waals surface area contributed by atoms with E-state index in [0.29, 0.717) is 0 Å². The van der Waals surface area contributed by atoms with Gasteiger partial charge in [0.15, 0.2) is 0 Å². The van der Waals surface area contributed by atoms with E-state index < -0.39 is 0 Å². The zero-order chi connectivity index (χ0) is 19.1. The fraction of sp³-hybridized carbons (Fsp3) is 0.0400. The monoisotopic (exact) mass is 380 g/mol. The van der Waals surface area contributed by atoms with Crippen LogP contribution in [0, 0.1) is 0 Å². The van der Waals surface area contributed by atoms with Gasteiger partial charge in [0.1, 0.15) is 0 Å². The van der Waals surface area contributed by atoms with E-state index in [1.165, 1.54) is 26.7 Å². The summed E-state index contributed by atoms with van der Waals surface area (Å²) in [5, 5.41) is 1.23. The number of allylic oxidation sites excluding steroid dienone is 3. The fourth-order valence-electron chi connectivity index (χ4n) is 3.77. The van der Waals surface area contributed by atoms with Crippen LogP contribution in [-0.4, -0.2) is 7.05 Å². The third-order valence-corrected chi connectivity index (χ3v) is 6.30. The molecule has 3 heteroatoms. The Bertz CT molecular complexity index is 1130. The van der Waals surface area contributed by atoms with Crippen molar-refractivity contribution in [1.29, 1.82) is 0 Å². The van der Waals surface area contributed by atoms with Crippen LogP contribution in [0.5, 0.6) is 0 Å². The van der Waals surface area contributed by atoms with E-state index in [2.05, 4.69) is 108 Å². The molecule has 136 valence electrons. The molecule has 2 nitrogen and oxygen atoms in total. The second kappa shape index (κ2) is 6.77. The highest BCUT2D eigenvalue weighted by molar-refractivity contribution is 8.03. The zero-order valence-electron chi connectivity index (χ0n) is 15.7. The van der Waals surface area contributed by atoms with Crippen molar-refractivity contribution in [2.75, 3.05) is 16.8 Å². The molecule has 0 spiro atoms. The van der Waals surface area contributed by atoms with Crippen LogP contribution in [0.1, 0.15) is 5.56 Å². The highest BCUT2D eigenvalue weighted by Crippen LogP contribution is 2.47. The van der Waals surface area contributed by atoms with Crippen LogP contribution in [0.15, 0.2) is 113 Å². The van der Waals surface area contributed by atoms with Crippen molar-refractivity contribution in [3.8, 4) is 0 Å². The molecule has 2 aliphatic heterocycles. The summed E-state index contributed by atoms with van der Waals surface area (Å²) >= 11 is 1.81. The minimum Gasteiger partial charge on any atom is -0.338 e. The van der Waals surface area contributed by atoms with Gasteiger partial charge in [-0.05, 0) is 48.1 Å². The molecule has 0 saturated heterocycles. The van der Waals surface area contributed by atoms with Gasteiger partial charge in [-0.1, -0.05) is 66.9 Å². The number of para-hydroxylation sites is 3. The summed E-state index contributed by atoms with van der Waals surface area (Å²) < 4.78 is 0. The Labute approximate surface area is 170 Å². The minimum absolute atomic E-state index is 0.972. The van der Waals surface area contributed by atoms with Gasteiger partial charge in [0.25, 0.3) is 0 Å². The number of anilines is 3. The number of thioether (sulfide) groups is 1. The summed E-state index contributed by atoms with van der Waals surface area (Å²) in [5.41, 5.74) is 6.93. The van der Waals surface area contributed by atoms with Gasteiger partial charge in [-0.3, -0.25) is 0 Å². The van der Waals surface area contributed by atoms with Crippen molar-refractivity contribution in [1.82, 2.24) is 0 Å². The Morgan fingerprint density at radius 1 is 0.821 bits per heavy atom. The van der Waals surface area contributed by atoms with Crippen LogP contribution < -0.4 is 9.80 Å². The van der Waals surface area contributed by atoms with E-state index >= 15 is 0 Å². The van der Waals surface area contributed by atoms with Crippen molar-refractivity contribution in [2.45, 2.75) is 4.90 Å². The summed E-state index contributed by atoms with van der Waals surface area (Å²) in [6.07, 6.45) is 4.46. The number of nitrogens with zero attached hydrogens (tertiary/aromatic N) is 2. The normalized spacial score (nSPS) is 16.8. The van der Waals surface area contributed by atoms with Crippen molar-refractivity contribution in [3.63, 3.8) is 0 Å². The van der Waals surface area contributed by atoms with Crippen LogP contribution in [0.4, 0.5) is 17.1 Å². The van der Waals surface area contributed by atoms with Crippen LogP contribution in [0.3, 0.4) is 0 Å². The van der Waals surface area contributed by atoms with Crippen molar-refractivity contribution >= 4 is 34.4 Å². The summed E-state index contributed by atoms with van der Waals surface area (Å²) in [4.78, 5) is 5.78. The Kier molecular flexibility index (Phi) is 4.10. The number of benzene rings is 3. The lowest BCUT2D eigenvalue weighted by Crippen LogP contribution is -2.19. The first kappa shape index (κ1) is 17.0. The topological polar surface area (TPSA) is 6.48 Å². The van der Waals surface area contributed by atoms with Gasteiger partial charge in [-0.15, -0.1) is 0 Å². The molecule has 3 aromatic carbocycles. The molecule has 0 aromatic heterocycles. The first-order chi connectivity index (χ1) is 13.7. The molecule has 0 radical (unpaired) electrons. The van der Waals surface area contributed by atoms with Gasteiger partial charge < -0.3 is 9.80 Å². The molecule has 0 unspecified atom stereocenters. The summed E-state index contributed by atoms with van der Waals surface area (Å²) in [7, 11) is 2.13. The molecule has 3 aromatic rings. The Morgan fingerprint density at radius 2 is 1.50 bits per heavy atom. The average Bonchev–Trinajstić information content (AvgIpc) is 3.04. The first-order valence-electron chi connectivity index (χ1n) is 9.30. The van der Waals surface area contributed by atoms with Gasteiger partial charge in [0.2, 0.25) is 0 Å². The molecule has 28 heavy (non-hydrogen) atoms. The summed E-state index contributed by atoms with van der Waals surface area (Å²) in [6.45, 7) is 4.35. The molecule has 0 bridgehead atoms. The molecule has 5 rings (SSSR count). The second-order valence-corrected chi connectivity index (χ2v) is 7.95. The first-order valence-corrected chi connectivity index (χ1v) is 10.1. The van der Waals surface area contributed by atoms with Gasteiger partial charge in [0.05, 0.1) is 16.4 Å². The molecule has 2 heterocycles. The standard InChI is InChI=1S/C25H20N2S/c1-18-16-19(17-25-26(2)23-14-8-9-15-24(23)28-25)21-12-6-7-13-22(21)27(18)20-10-4-3-5-11-20/h3-17H,1H2,2H3/b25-17+. The third-order valence-electron chi connectivity index (χ3n) is 5.13. The van der Waals surface area contributed by atoms with E-state index in [-0.39, 0.29) is 0 Å². The third kappa shape index (κ3) is 2.76. The van der Waals surface area contributed by atoms with E-state index in [1.54, 1.807) is 0 Å². The van der Waals surface area contributed by atoms with E-state index in [0.717, 1.165) is 17.1 Å². The molecule has 0 atom stereocenters. The Morgan fingerprint density at radius 3 is 2.29 bits per heavy atom. The zero-order valence-corrected chi connectivity index (χ0v) is 16.5. The lowest BCUT2D eigenvalue weighted by molar-refractivity contribution is 1.17. The predicted octanol–water partition coefficient (Wildman–Crippen LogP) is 6.82. The molecule has 0 fully saturated rings. The summed E-state index contributed by atoms with van der Waals surface area (Å²) in [6, 6.07) is 27.5. The maximum Gasteiger partial charge on any atom is 0.0805 e. The number of hydrogen-bond acceptors (Lipinski definition) is 3. The maximum atomic E-state index is 4.35. The van der Waals surface area contributed by atoms with Gasteiger partial charge in [-0.25, -0.2) is 0 Å². The highest BCUT2D eigenvalue weighted by Gasteiger charge is 2.25. The fourth-order valence-corrected chi connectivity index (χ4v) is 4.87. The molecular weight excluding hydrogens is 360 g/mol. The van der Waals surface area contributed by atoms with Gasteiger partial charge in [0, 0.05) is 28.9 Å².